The number of amides is 1. The van der Waals surface area contributed by atoms with E-state index in [9.17, 15) is 9.59 Å². The average molecular weight is 295 g/mol. The normalized spacial score (nSPS) is 10.3. The molecule has 0 aliphatic rings. The summed E-state index contributed by atoms with van der Waals surface area (Å²) >= 11 is 1.52. The predicted octanol–water partition coefficient (Wildman–Crippen LogP) is 2.55. The van der Waals surface area contributed by atoms with Crippen LogP contribution in [0.5, 0.6) is 0 Å². The maximum Gasteiger partial charge on any atom is 0.323 e. The fraction of sp³-hybridized carbons (Fsp3) is 0.467. The topological polar surface area (TPSA) is 57.6 Å². The van der Waals surface area contributed by atoms with E-state index in [-0.39, 0.29) is 12.5 Å². The molecule has 5 heteroatoms. The van der Waals surface area contributed by atoms with Crippen molar-refractivity contribution in [2.45, 2.75) is 26.0 Å². The summed E-state index contributed by atoms with van der Waals surface area (Å²) in [6.45, 7) is 4.25. The third-order valence-corrected chi connectivity index (χ3v) is 3.78. The molecule has 0 radical (unpaired) electrons. The van der Waals surface area contributed by atoms with Crippen LogP contribution in [-0.2, 0) is 15.3 Å². The molecule has 1 aromatic rings. The van der Waals surface area contributed by atoms with Crippen LogP contribution in [0.15, 0.2) is 24.3 Å². The lowest BCUT2D eigenvalue weighted by atomic mass is 10.2. The van der Waals surface area contributed by atoms with E-state index < -0.39 is 5.97 Å². The molecule has 0 fully saturated rings. The summed E-state index contributed by atoms with van der Waals surface area (Å²) in [6, 6.07) is 8.19. The van der Waals surface area contributed by atoms with Crippen LogP contribution in [0.1, 0.15) is 24.5 Å². The molecule has 0 saturated heterocycles. The molecule has 1 aromatic carbocycles. The molecular weight excluding hydrogens is 274 g/mol. The van der Waals surface area contributed by atoms with Gasteiger partial charge in [0.15, 0.2) is 0 Å². The molecule has 0 spiro atoms. The van der Waals surface area contributed by atoms with Crippen molar-refractivity contribution in [2.75, 3.05) is 18.8 Å². The standard InChI is InChI=1S/C15H21NO3S/c1-3-8-16(9-15(18)19)14(17)11-20-10-13-6-4-12(2)5-7-13/h4-7H,3,8-11H2,1-2H3,(H,18,19). The van der Waals surface area contributed by atoms with Crippen LogP contribution in [0.2, 0.25) is 0 Å². The molecule has 0 saturated carbocycles. The summed E-state index contributed by atoms with van der Waals surface area (Å²) in [4.78, 5) is 24.1. The van der Waals surface area contributed by atoms with Crippen LogP contribution in [0.25, 0.3) is 0 Å². The van der Waals surface area contributed by atoms with Crippen LogP contribution in [-0.4, -0.2) is 40.7 Å². The van der Waals surface area contributed by atoms with E-state index in [2.05, 4.69) is 0 Å². The third kappa shape index (κ3) is 6.10. The lowest BCUT2D eigenvalue weighted by Crippen LogP contribution is -2.37. The van der Waals surface area contributed by atoms with Crippen LogP contribution < -0.4 is 0 Å². The van der Waals surface area contributed by atoms with Crippen LogP contribution in [0.3, 0.4) is 0 Å². The number of carbonyl (C=O) groups excluding carboxylic acids is 1. The summed E-state index contributed by atoms with van der Waals surface area (Å²) in [5, 5.41) is 8.79. The Balaban J connectivity index is 2.40. The Kier molecular flexibility index (Phi) is 7.15. The molecule has 0 heterocycles. The van der Waals surface area contributed by atoms with E-state index in [0.29, 0.717) is 12.3 Å². The molecule has 0 bridgehead atoms. The molecule has 0 unspecified atom stereocenters. The lowest BCUT2D eigenvalue weighted by Gasteiger charge is -2.19. The van der Waals surface area contributed by atoms with Gasteiger partial charge in [0.05, 0.1) is 5.75 Å². The van der Waals surface area contributed by atoms with Crippen molar-refractivity contribution in [3.8, 4) is 0 Å². The molecule has 20 heavy (non-hydrogen) atoms. The van der Waals surface area contributed by atoms with Crippen molar-refractivity contribution in [3.05, 3.63) is 35.4 Å². The van der Waals surface area contributed by atoms with E-state index in [1.54, 1.807) is 0 Å². The largest absolute Gasteiger partial charge is 0.480 e. The highest BCUT2D eigenvalue weighted by Crippen LogP contribution is 2.13. The van der Waals surface area contributed by atoms with Crippen molar-refractivity contribution in [2.24, 2.45) is 0 Å². The first-order valence-electron chi connectivity index (χ1n) is 6.65. The van der Waals surface area contributed by atoms with Gasteiger partial charge in [-0.1, -0.05) is 36.8 Å². The molecule has 0 aromatic heterocycles. The van der Waals surface area contributed by atoms with Gasteiger partial charge < -0.3 is 10.0 Å². The zero-order chi connectivity index (χ0) is 15.0. The Hall–Kier alpha value is -1.49. The fourth-order valence-corrected chi connectivity index (χ4v) is 2.64. The molecule has 110 valence electrons. The number of aliphatic carboxylic acids is 1. The monoisotopic (exact) mass is 295 g/mol. The maximum atomic E-state index is 12.0. The van der Waals surface area contributed by atoms with Crippen LogP contribution in [0, 0.1) is 6.92 Å². The third-order valence-electron chi connectivity index (χ3n) is 2.79. The Morgan fingerprint density at radius 1 is 1.25 bits per heavy atom. The predicted molar refractivity (Wildman–Crippen MR) is 81.8 cm³/mol. The second-order valence-corrected chi connectivity index (χ2v) is 5.67. The summed E-state index contributed by atoms with van der Waals surface area (Å²) in [6.07, 6.45) is 0.766. The first kappa shape index (κ1) is 16.6. The highest BCUT2D eigenvalue weighted by Gasteiger charge is 2.15. The first-order valence-corrected chi connectivity index (χ1v) is 7.81. The van der Waals surface area contributed by atoms with Crippen molar-refractivity contribution in [1.29, 1.82) is 0 Å². The van der Waals surface area contributed by atoms with Crippen LogP contribution >= 0.6 is 11.8 Å². The average Bonchev–Trinajstić information content (AvgIpc) is 2.40. The Morgan fingerprint density at radius 2 is 1.90 bits per heavy atom. The van der Waals surface area contributed by atoms with Crippen molar-refractivity contribution < 1.29 is 14.7 Å². The minimum atomic E-state index is -0.963. The minimum Gasteiger partial charge on any atom is -0.480 e. The molecule has 0 aliphatic heterocycles. The van der Waals surface area contributed by atoms with E-state index in [1.165, 1.54) is 27.8 Å². The molecule has 0 atom stereocenters. The second kappa shape index (κ2) is 8.64. The number of carbonyl (C=O) groups is 2. The zero-order valence-electron chi connectivity index (χ0n) is 12.0. The molecule has 0 aliphatic carbocycles. The number of rotatable bonds is 8. The van der Waals surface area contributed by atoms with E-state index in [1.807, 2.05) is 38.1 Å². The SMILES string of the molecule is CCCN(CC(=O)O)C(=O)CSCc1ccc(C)cc1. The molecule has 4 nitrogen and oxygen atoms in total. The van der Waals surface area contributed by atoms with E-state index in [4.69, 9.17) is 5.11 Å². The van der Waals surface area contributed by atoms with Gasteiger partial charge in [-0.15, -0.1) is 11.8 Å². The van der Waals surface area contributed by atoms with E-state index in [0.717, 1.165) is 12.2 Å². The van der Waals surface area contributed by atoms with Gasteiger partial charge in [0.25, 0.3) is 0 Å². The zero-order valence-corrected chi connectivity index (χ0v) is 12.8. The van der Waals surface area contributed by atoms with Crippen LogP contribution in [0.4, 0.5) is 0 Å². The van der Waals surface area contributed by atoms with Crippen molar-refractivity contribution in [1.82, 2.24) is 4.90 Å². The van der Waals surface area contributed by atoms with Crippen molar-refractivity contribution >= 4 is 23.6 Å². The highest BCUT2D eigenvalue weighted by molar-refractivity contribution is 7.99. The first-order chi connectivity index (χ1) is 9.52. The number of hydrogen-bond donors (Lipinski definition) is 1. The number of carboxylic acid groups (broad SMARTS) is 1. The van der Waals surface area contributed by atoms with Crippen molar-refractivity contribution in [3.63, 3.8) is 0 Å². The van der Waals surface area contributed by atoms with E-state index >= 15 is 0 Å². The smallest absolute Gasteiger partial charge is 0.323 e. The molecular formula is C15H21NO3S. The van der Waals surface area contributed by atoms with Gasteiger partial charge in [-0.2, -0.15) is 0 Å². The summed E-state index contributed by atoms with van der Waals surface area (Å²) in [5.41, 5.74) is 2.39. The molecule has 1 N–H and O–H groups in total. The number of nitrogens with zero attached hydrogens (tertiary/aromatic N) is 1. The van der Waals surface area contributed by atoms with Gasteiger partial charge in [-0.25, -0.2) is 0 Å². The number of aryl methyl sites for hydroxylation is 1. The van der Waals surface area contributed by atoms with Gasteiger partial charge in [-0.05, 0) is 18.9 Å². The van der Waals surface area contributed by atoms with Gasteiger partial charge >= 0.3 is 5.97 Å². The number of carboxylic acids is 1. The Bertz CT molecular complexity index is 445. The summed E-state index contributed by atoms with van der Waals surface area (Å²) in [5.74, 6) is 0.0157. The Morgan fingerprint density at radius 3 is 2.45 bits per heavy atom. The summed E-state index contributed by atoms with van der Waals surface area (Å²) < 4.78 is 0. The van der Waals surface area contributed by atoms with Gasteiger partial charge in [0, 0.05) is 12.3 Å². The highest BCUT2D eigenvalue weighted by atomic mass is 32.2. The second-order valence-electron chi connectivity index (χ2n) is 4.69. The fourth-order valence-electron chi connectivity index (χ4n) is 1.76. The molecule has 1 rings (SSSR count). The number of thioether (sulfide) groups is 1. The lowest BCUT2D eigenvalue weighted by molar-refractivity contribution is -0.143. The maximum absolute atomic E-state index is 12.0. The Labute approximate surface area is 124 Å². The van der Waals surface area contributed by atoms with Gasteiger partial charge in [-0.3, -0.25) is 9.59 Å². The summed E-state index contributed by atoms with van der Waals surface area (Å²) in [7, 11) is 0. The molecule has 1 amide bonds. The van der Waals surface area contributed by atoms with Gasteiger partial charge in [0.2, 0.25) is 5.91 Å². The quantitative estimate of drug-likeness (QED) is 0.801. The number of benzene rings is 1. The minimum absolute atomic E-state index is 0.105. The van der Waals surface area contributed by atoms with Gasteiger partial charge in [0.1, 0.15) is 6.54 Å². The number of hydrogen-bond acceptors (Lipinski definition) is 3.